The van der Waals surface area contributed by atoms with Gasteiger partial charge < -0.3 is 25.7 Å². The second-order valence-corrected chi connectivity index (χ2v) is 5.66. The van der Waals surface area contributed by atoms with Crippen LogP contribution in [0.4, 0.5) is 11.4 Å². The van der Waals surface area contributed by atoms with Crippen LogP contribution in [-0.4, -0.2) is 19.7 Å². The molecule has 0 bridgehead atoms. The standard InChI is InChI=1S/C20H21N3O4/c1-25-19-12-17(27-13-21)7-4-14(19)5-9-20(24)26-10-2-3-15-11-16(22)6-8-18(15)23/h4-9,11-12H,2-3,10,22-23H2,1H3/b9-5+. The van der Waals surface area contributed by atoms with Crippen molar-refractivity contribution in [2.75, 3.05) is 25.2 Å². The molecule has 0 aliphatic carbocycles. The maximum absolute atomic E-state index is 11.9. The third-order valence-corrected chi connectivity index (χ3v) is 3.77. The van der Waals surface area contributed by atoms with Gasteiger partial charge in [-0.05, 0) is 54.8 Å². The van der Waals surface area contributed by atoms with Crippen LogP contribution in [0.3, 0.4) is 0 Å². The summed E-state index contributed by atoms with van der Waals surface area (Å²) in [4.78, 5) is 11.9. The van der Waals surface area contributed by atoms with E-state index in [9.17, 15) is 4.79 Å². The van der Waals surface area contributed by atoms with E-state index < -0.39 is 5.97 Å². The number of carbonyl (C=O) groups excluding carboxylic acids is 1. The highest BCUT2D eigenvalue weighted by atomic mass is 16.5. The zero-order chi connectivity index (χ0) is 19.6. The molecule has 2 rings (SSSR count). The van der Waals surface area contributed by atoms with Crippen molar-refractivity contribution in [1.82, 2.24) is 0 Å². The molecule has 0 saturated carbocycles. The average Bonchev–Trinajstić information content (AvgIpc) is 2.66. The van der Waals surface area contributed by atoms with Crippen LogP contribution in [0.25, 0.3) is 6.08 Å². The summed E-state index contributed by atoms with van der Waals surface area (Å²) in [6.07, 6.45) is 5.79. The monoisotopic (exact) mass is 367 g/mol. The number of benzene rings is 2. The Hall–Kier alpha value is -3.66. The number of nitrogens with two attached hydrogens (primary N) is 2. The number of ether oxygens (including phenoxy) is 3. The number of methoxy groups -OCH3 is 1. The van der Waals surface area contributed by atoms with Gasteiger partial charge >= 0.3 is 5.97 Å². The number of nitrogen functional groups attached to an aromatic ring is 2. The minimum Gasteiger partial charge on any atom is -0.496 e. The van der Waals surface area contributed by atoms with Crippen LogP contribution in [0, 0.1) is 11.5 Å². The van der Waals surface area contributed by atoms with Gasteiger partial charge in [-0.25, -0.2) is 4.79 Å². The lowest BCUT2D eigenvalue weighted by atomic mass is 10.1. The van der Waals surface area contributed by atoms with Crippen molar-refractivity contribution in [3.8, 4) is 17.8 Å². The van der Waals surface area contributed by atoms with Gasteiger partial charge in [-0.3, -0.25) is 0 Å². The van der Waals surface area contributed by atoms with Gasteiger partial charge in [0.05, 0.1) is 13.7 Å². The highest BCUT2D eigenvalue weighted by molar-refractivity contribution is 5.87. The Morgan fingerprint density at radius 2 is 2.04 bits per heavy atom. The SMILES string of the molecule is COc1cc(OC#N)ccc1/C=C/C(=O)OCCCc1cc(N)ccc1N. The van der Waals surface area contributed by atoms with Gasteiger partial charge in [0.2, 0.25) is 0 Å². The molecule has 0 unspecified atom stereocenters. The number of aryl methyl sites for hydroxylation is 1. The van der Waals surface area contributed by atoms with E-state index in [1.165, 1.54) is 13.2 Å². The minimum absolute atomic E-state index is 0.267. The Labute approximate surface area is 157 Å². The van der Waals surface area contributed by atoms with Gasteiger partial charge in [-0.15, -0.1) is 5.26 Å². The van der Waals surface area contributed by atoms with Crippen LogP contribution >= 0.6 is 0 Å². The first-order valence-corrected chi connectivity index (χ1v) is 8.26. The number of nitrogens with zero attached hydrogens (tertiary/aromatic N) is 1. The smallest absolute Gasteiger partial charge is 0.330 e. The zero-order valence-electron chi connectivity index (χ0n) is 15.0. The van der Waals surface area contributed by atoms with E-state index in [0.717, 1.165) is 5.56 Å². The molecule has 140 valence electrons. The molecule has 0 fully saturated rings. The fourth-order valence-electron chi connectivity index (χ4n) is 2.43. The molecule has 0 heterocycles. The Kier molecular flexibility index (Phi) is 7.08. The maximum atomic E-state index is 11.9. The molecule has 2 aromatic rings. The van der Waals surface area contributed by atoms with Crippen LogP contribution in [0.15, 0.2) is 42.5 Å². The van der Waals surface area contributed by atoms with Gasteiger partial charge in [0.1, 0.15) is 11.5 Å². The van der Waals surface area contributed by atoms with Crippen molar-refractivity contribution >= 4 is 23.4 Å². The summed E-state index contributed by atoms with van der Waals surface area (Å²) in [6.45, 7) is 0.267. The lowest BCUT2D eigenvalue weighted by molar-refractivity contribution is -0.137. The van der Waals surface area contributed by atoms with Gasteiger partial charge in [-0.1, -0.05) is 0 Å². The van der Waals surface area contributed by atoms with E-state index in [2.05, 4.69) is 0 Å². The third kappa shape index (κ3) is 5.97. The summed E-state index contributed by atoms with van der Waals surface area (Å²) in [5, 5.41) is 8.53. The minimum atomic E-state index is -0.463. The molecule has 7 heteroatoms. The number of nitriles is 1. The molecule has 0 spiro atoms. The van der Waals surface area contributed by atoms with Crippen molar-refractivity contribution < 1.29 is 19.0 Å². The molecule has 0 aromatic heterocycles. The van der Waals surface area contributed by atoms with E-state index in [1.807, 2.05) is 6.07 Å². The second-order valence-electron chi connectivity index (χ2n) is 5.66. The van der Waals surface area contributed by atoms with Crippen LogP contribution in [0.2, 0.25) is 0 Å². The van der Waals surface area contributed by atoms with Crippen LogP contribution in [0.1, 0.15) is 17.5 Å². The van der Waals surface area contributed by atoms with Gasteiger partial charge in [0, 0.05) is 29.1 Å². The first-order chi connectivity index (χ1) is 13.0. The number of hydrogen-bond acceptors (Lipinski definition) is 7. The number of rotatable bonds is 8. The van der Waals surface area contributed by atoms with E-state index in [0.29, 0.717) is 41.3 Å². The fourth-order valence-corrected chi connectivity index (χ4v) is 2.43. The first kappa shape index (κ1) is 19.7. The van der Waals surface area contributed by atoms with Crippen molar-refractivity contribution in [2.24, 2.45) is 0 Å². The summed E-state index contributed by atoms with van der Waals surface area (Å²) >= 11 is 0. The molecule has 0 atom stereocenters. The fraction of sp³-hybridized carbons (Fsp3) is 0.200. The summed E-state index contributed by atoms with van der Waals surface area (Å²) in [5.74, 6) is 0.369. The largest absolute Gasteiger partial charge is 0.496 e. The summed E-state index contributed by atoms with van der Waals surface area (Å²) in [5.41, 5.74) is 14.5. The first-order valence-electron chi connectivity index (χ1n) is 8.26. The van der Waals surface area contributed by atoms with Crippen LogP contribution < -0.4 is 20.9 Å². The Balaban J connectivity index is 1.85. The van der Waals surface area contributed by atoms with Crippen molar-refractivity contribution in [1.29, 1.82) is 5.26 Å². The molecular formula is C20H21N3O4. The van der Waals surface area contributed by atoms with Crippen LogP contribution in [-0.2, 0) is 16.0 Å². The zero-order valence-corrected chi connectivity index (χ0v) is 15.0. The number of hydrogen-bond donors (Lipinski definition) is 2. The Morgan fingerprint density at radius 3 is 2.78 bits per heavy atom. The topological polar surface area (TPSA) is 121 Å². The summed E-state index contributed by atoms with van der Waals surface area (Å²) < 4.78 is 15.1. The molecule has 27 heavy (non-hydrogen) atoms. The third-order valence-electron chi connectivity index (χ3n) is 3.77. The molecule has 0 radical (unpaired) electrons. The lowest BCUT2D eigenvalue weighted by Gasteiger charge is -2.07. The number of carbonyl (C=O) groups is 1. The quantitative estimate of drug-likeness (QED) is 0.242. The molecule has 2 aromatic carbocycles. The number of esters is 1. The molecule has 0 aliphatic rings. The predicted molar refractivity (Wildman–Crippen MR) is 103 cm³/mol. The van der Waals surface area contributed by atoms with Crippen molar-refractivity contribution in [3.63, 3.8) is 0 Å². The van der Waals surface area contributed by atoms with Gasteiger partial charge in [0.15, 0.2) is 0 Å². The van der Waals surface area contributed by atoms with Gasteiger partial charge in [0.25, 0.3) is 6.26 Å². The summed E-state index contributed by atoms with van der Waals surface area (Å²) in [7, 11) is 1.49. The molecule has 4 N–H and O–H groups in total. The normalized spacial score (nSPS) is 10.4. The highest BCUT2D eigenvalue weighted by Gasteiger charge is 2.05. The maximum Gasteiger partial charge on any atom is 0.330 e. The van der Waals surface area contributed by atoms with E-state index in [1.54, 1.807) is 42.7 Å². The average molecular weight is 367 g/mol. The lowest BCUT2D eigenvalue weighted by Crippen LogP contribution is -2.04. The van der Waals surface area contributed by atoms with E-state index >= 15 is 0 Å². The Bertz CT molecular complexity index is 872. The van der Waals surface area contributed by atoms with Crippen molar-refractivity contribution in [2.45, 2.75) is 12.8 Å². The van der Waals surface area contributed by atoms with Gasteiger partial charge in [-0.2, -0.15) is 0 Å². The molecule has 0 amide bonds. The van der Waals surface area contributed by atoms with Crippen molar-refractivity contribution in [3.05, 3.63) is 53.6 Å². The highest BCUT2D eigenvalue weighted by Crippen LogP contribution is 2.25. The Morgan fingerprint density at radius 1 is 1.22 bits per heavy atom. The molecular weight excluding hydrogens is 346 g/mol. The van der Waals surface area contributed by atoms with E-state index in [-0.39, 0.29) is 6.61 Å². The molecule has 0 aliphatic heterocycles. The molecule has 0 saturated heterocycles. The second kappa shape index (κ2) is 9.73. The van der Waals surface area contributed by atoms with E-state index in [4.69, 9.17) is 30.9 Å². The molecule has 7 nitrogen and oxygen atoms in total. The van der Waals surface area contributed by atoms with Crippen LogP contribution in [0.5, 0.6) is 11.5 Å². The number of anilines is 2. The summed E-state index contributed by atoms with van der Waals surface area (Å²) in [6, 6.07) is 10.2. The predicted octanol–water partition coefficient (Wildman–Crippen LogP) is 2.91.